The number of aliphatic imine (C=N–C) groups is 1. The monoisotopic (exact) mass is 351 g/mol. The topological polar surface area (TPSA) is 43.8 Å². The van der Waals surface area contributed by atoms with E-state index in [9.17, 15) is 0 Å². The molecule has 1 saturated heterocycles. The third kappa shape index (κ3) is 5.22. The normalized spacial score (nSPS) is 15.2. The van der Waals surface area contributed by atoms with Gasteiger partial charge in [0.1, 0.15) is 5.82 Å². The van der Waals surface area contributed by atoms with Crippen molar-refractivity contribution in [1.29, 1.82) is 0 Å². The van der Waals surface area contributed by atoms with Crippen molar-refractivity contribution >= 4 is 11.8 Å². The molecule has 1 N–H and O–H groups in total. The minimum absolute atomic E-state index is 0.859. The van der Waals surface area contributed by atoms with Crippen LogP contribution in [0.15, 0.2) is 59.7 Å². The Bertz CT molecular complexity index is 663. The molecule has 1 aromatic carbocycles. The molecule has 5 heteroatoms. The van der Waals surface area contributed by atoms with E-state index in [1.165, 1.54) is 5.56 Å². The Balaban J connectivity index is 1.50. The van der Waals surface area contributed by atoms with Gasteiger partial charge in [-0.15, -0.1) is 0 Å². The van der Waals surface area contributed by atoms with Gasteiger partial charge in [0, 0.05) is 45.5 Å². The lowest BCUT2D eigenvalue weighted by molar-refractivity contribution is 0.371. The number of aryl methyl sites for hydroxylation is 1. The number of nitrogens with one attached hydrogen (secondary N) is 1. The number of hydrogen-bond donors (Lipinski definition) is 1. The summed E-state index contributed by atoms with van der Waals surface area (Å²) in [5, 5.41) is 3.45. The summed E-state index contributed by atoms with van der Waals surface area (Å²) in [6.45, 7) is 7.79. The minimum Gasteiger partial charge on any atom is -0.357 e. The number of nitrogens with zero attached hydrogens (tertiary/aromatic N) is 4. The maximum Gasteiger partial charge on any atom is 0.194 e. The third-order valence-corrected chi connectivity index (χ3v) is 4.62. The van der Waals surface area contributed by atoms with E-state index in [2.05, 4.69) is 63.4 Å². The first-order valence-corrected chi connectivity index (χ1v) is 9.60. The molecule has 0 saturated carbocycles. The van der Waals surface area contributed by atoms with Crippen LogP contribution in [0.2, 0.25) is 0 Å². The fourth-order valence-corrected chi connectivity index (χ4v) is 3.23. The van der Waals surface area contributed by atoms with Crippen LogP contribution in [0.4, 0.5) is 5.82 Å². The van der Waals surface area contributed by atoms with Crippen molar-refractivity contribution < 1.29 is 0 Å². The van der Waals surface area contributed by atoms with Crippen LogP contribution < -0.4 is 10.2 Å². The number of piperazine rings is 1. The number of guanidine groups is 1. The summed E-state index contributed by atoms with van der Waals surface area (Å²) in [4.78, 5) is 14.0. The summed E-state index contributed by atoms with van der Waals surface area (Å²) < 4.78 is 0. The van der Waals surface area contributed by atoms with E-state index in [1.54, 1.807) is 0 Å². The molecule has 1 aliphatic heterocycles. The van der Waals surface area contributed by atoms with Crippen LogP contribution >= 0.6 is 0 Å². The van der Waals surface area contributed by atoms with Gasteiger partial charge in [0.15, 0.2) is 5.96 Å². The van der Waals surface area contributed by atoms with Crippen molar-refractivity contribution in [1.82, 2.24) is 15.2 Å². The summed E-state index contributed by atoms with van der Waals surface area (Å²) in [5.74, 6) is 2.11. The fourth-order valence-electron chi connectivity index (χ4n) is 3.23. The molecule has 3 rings (SSSR count). The van der Waals surface area contributed by atoms with E-state index in [4.69, 9.17) is 4.99 Å². The zero-order valence-corrected chi connectivity index (χ0v) is 15.6. The van der Waals surface area contributed by atoms with E-state index in [0.717, 1.165) is 63.9 Å². The molecule has 2 aromatic rings. The molecule has 2 heterocycles. The Morgan fingerprint density at radius 1 is 1.04 bits per heavy atom. The van der Waals surface area contributed by atoms with E-state index in [1.807, 2.05) is 18.3 Å². The molecular weight excluding hydrogens is 322 g/mol. The molecule has 0 aliphatic carbocycles. The van der Waals surface area contributed by atoms with E-state index in [0.29, 0.717) is 0 Å². The Morgan fingerprint density at radius 2 is 1.81 bits per heavy atom. The highest BCUT2D eigenvalue weighted by atomic mass is 15.4. The molecule has 0 bridgehead atoms. The van der Waals surface area contributed by atoms with Gasteiger partial charge in [-0.25, -0.2) is 4.98 Å². The number of rotatable bonds is 6. The van der Waals surface area contributed by atoms with Gasteiger partial charge in [0.2, 0.25) is 0 Å². The number of pyridine rings is 1. The number of benzene rings is 1. The lowest BCUT2D eigenvalue weighted by Gasteiger charge is -2.37. The Kier molecular flexibility index (Phi) is 6.88. The summed E-state index contributed by atoms with van der Waals surface area (Å²) >= 11 is 0. The zero-order valence-electron chi connectivity index (χ0n) is 15.6. The van der Waals surface area contributed by atoms with Crippen molar-refractivity contribution in [2.45, 2.75) is 19.8 Å². The Morgan fingerprint density at radius 3 is 2.50 bits per heavy atom. The van der Waals surface area contributed by atoms with Gasteiger partial charge in [-0.2, -0.15) is 0 Å². The molecule has 26 heavy (non-hydrogen) atoms. The Labute approximate surface area is 156 Å². The first-order chi connectivity index (χ1) is 12.9. The number of hydrogen-bond acceptors (Lipinski definition) is 3. The summed E-state index contributed by atoms with van der Waals surface area (Å²) in [6, 6.07) is 16.7. The molecule has 0 amide bonds. The lowest BCUT2D eigenvalue weighted by atomic mass is 10.1. The SMILES string of the molecule is CCNC(=NCCCc1ccccc1)N1CCN(c2ccccn2)CC1. The van der Waals surface area contributed by atoms with Gasteiger partial charge in [0.25, 0.3) is 0 Å². The molecule has 0 spiro atoms. The third-order valence-electron chi connectivity index (χ3n) is 4.62. The van der Waals surface area contributed by atoms with Gasteiger partial charge >= 0.3 is 0 Å². The van der Waals surface area contributed by atoms with Crippen LogP contribution in [0, 0.1) is 0 Å². The molecule has 0 radical (unpaired) electrons. The van der Waals surface area contributed by atoms with Crippen LogP contribution in [-0.2, 0) is 6.42 Å². The molecule has 5 nitrogen and oxygen atoms in total. The van der Waals surface area contributed by atoms with Gasteiger partial charge in [-0.05, 0) is 37.5 Å². The highest BCUT2D eigenvalue weighted by Gasteiger charge is 2.20. The maximum absolute atomic E-state index is 4.85. The van der Waals surface area contributed by atoms with E-state index in [-0.39, 0.29) is 0 Å². The number of aromatic nitrogens is 1. The maximum atomic E-state index is 4.85. The van der Waals surface area contributed by atoms with Crippen molar-refractivity contribution in [3.8, 4) is 0 Å². The van der Waals surface area contributed by atoms with Gasteiger partial charge < -0.3 is 15.1 Å². The molecule has 1 fully saturated rings. The van der Waals surface area contributed by atoms with Crippen LogP contribution in [0.3, 0.4) is 0 Å². The molecule has 0 unspecified atom stereocenters. The van der Waals surface area contributed by atoms with Crippen LogP contribution in [0.1, 0.15) is 18.9 Å². The lowest BCUT2D eigenvalue weighted by Crippen LogP contribution is -2.52. The molecule has 138 valence electrons. The second-order valence-corrected chi connectivity index (χ2v) is 6.49. The number of anilines is 1. The van der Waals surface area contributed by atoms with Crippen LogP contribution in [0.25, 0.3) is 0 Å². The van der Waals surface area contributed by atoms with E-state index >= 15 is 0 Å². The highest BCUT2D eigenvalue weighted by molar-refractivity contribution is 5.80. The summed E-state index contributed by atoms with van der Waals surface area (Å²) in [7, 11) is 0. The summed E-state index contributed by atoms with van der Waals surface area (Å²) in [5.41, 5.74) is 1.39. The molecule has 1 aromatic heterocycles. The van der Waals surface area contributed by atoms with Gasteiger partial charge in [-0.1, -0.05) is 36.4 Å². The van der Waals surface area contributed by atoms with Gasteiger partial charge in [0.05, 0.1) is 0 Å². The fraction of sp³-hybridized carbons (Fsp3) is 0.429. The molecular formula is C21H29N5. The predicted molar refractivity (Wildman–Crippen MR) is 109 cm³/mol. The minimum atomic E-state index is 0.859. The average molecular weight is 351 g/mol. The predicted octanol–water partition coefficient (Wildman–Crippen LogP) is 2.80. The van der Waals surface area contributed by atoms with Crippen molar-refractivity contribution in [2.24, 2.45) is 4.99 Å². The van der Waals surface area contributed by atoms with Crippen molar-refractivity contribution in [3.05, 3.63) is 60.3 Å². The van der Waals surface area contributed by atoms with Crippen molar-refractivity contribution in [3.63, 3.8) is 0 Å². The van der Waals surface area contributed by atoms with Gasteiger partial charge in [-0.3, -0.25) is 4.99 Å². The first kappa shape index (κ1) is 18.2. The molecule has 0 atom stereocenters. The van der Waals surface area contributed by atoms with Crippen LogP contribution in [0.5, 0.6) is 0 Å². The highest BCUT2D eigenvalue weighted by Crippen LogP contribution is 2.12. The quantitative estimate of drug-likeness (QED) is 0.494. The standard InChI is InChI=1S/C21H29N5/c1-2-22-21(24-14-8-11-19-9-4-3-5-10-19)26-17-15-25(16-18-26)20-12-6-7-13-23-20/h3-7,9-10,12-13H,2,8,11,14-18H2,1H3,(H,22,24). The Hall–Kier alpha value is -2.56. The first-order valence-electron chi connectivity index (χ1n) is 9.60. The smallest absolute Gasteiger partial charge is 0.194 e. The summed E-state index contributed by atoms with van der Waals surface area (Å²) in [6.07, 6.45) is 4.02. The van der Waals surface area contributed by atoms with E-state index < -0.39 is 0 Å². The zero-order chi connectivity index (χ0) is 18.0. The second-order valence-electron chi connectivity index (χ2n) is 6.49. The molecule has 1 aliphatic rings. The average Bonchev–Trinajstić information content (AvgIpc) is 2.72. The van der Waals surface area contributed by atoms with Crippen LogP contribution in [-0.4, -0.2) is 55.1 Å². The largest absolute Gasteiger partial charge is 0.357 e. The van der Waals surface area contributed by atoms with Crippen molar-refractivity contribution in [2.75, 3.05) is 44.2 Å². The second kappa shape index (κ2) is 9.80.